The topological polar surface area (TPSA) is 89.8 Å². The van der Waals surface area contributed by atoms with Crippen molar-refractivity contribution < 1.29 is 20.1 Å². The molecule has 44 heavy (non-hydrogen) atoms. The largest absolute Gasteiger partial charge is 0.394 e. The summed E-state index contributed by atoms with van der Waals surface area (Å²) in [5.41, 5.74) is 0. The molecule has 0 aliphatic carbocycles. The van der Waals surface area contributed by atoms with Crippen LogP contribution in [0.5, 0.6) is 0 Å². The average Bonchev–Trinajstić information content (AvgIpc) is 3.01. The summed E-state index contributed by atoms with van der Waals surface area (Å²) in [5.74, 6) is -0.338. The van der Waals surface area contributed by atoms with E-state index in [-0.39, 0.29) is 18.9 Å². The molecule has 0 bridgehead atoms. The number of allylic oxidation sites excluding steroid dienone is 7. The van der Waals surface area contributed by atoms with Crippen molar-refractivity contribution >= 4 is 5.91 Å². The lowest BCUT2D eigenvalue weighted by atomic mass is 10.0. The third-order valence-corrected chi connectivity index (χ3v) is 8.07. The monoisotopic (exact) mass is 618 g/mol. The van der Waals surface area contributed by atoms with E-state index in [9.17, 15) is 20.1 Å². The first-order chi connectivity index (χ1) is 21.5. The lowest BCUT2D eigenvalue weighted by molar-refractivity contribution is -0.124. The molecule has 1 amide bonds. The van der Waals surface area contributed by atoms with Gasteiger partial charge in [0, 0.05) is 0 Å². The van der Waals surface area contributed by atoms with Crippen LogP contribution in [-0.4, -0.2) is 46.1 Å². The van der Waals surface area contributed by atoms with Crippen molar-refractivity contribution in [1.29, 1.82) is 0 Å². The van der Waals surface area contributed by atoms with Gasteiger partial charge in [0.25, 0.3) is 0 Å². The van der Waals surface area contributed by atoms with Crippen molar-refractivity contribution in [2.75, 3.05) is 6.61 Å². The van der Waals surface area contributed by atoms with Crippen molar-refractivity contribution in [2.45, 2.75) is 186 Å². The van der Waals surface area contributed by atoms with Crippen molar-refractivity contribution in [3.63, 3.8) is 0 Å². The maximum Gasteiger partial charge on any atom is 0.222 e. The summed E-state index contributed by atoms with van der Waals surface area (Å²) < 4.78 is 0. The summed E-state index contributed by atoms with van der Waals surface area (Å²) in [6.07, 6.45) is 42.3. The van der Waals surface area contributed by atoms with Crippen LogP contribution in [-0.2, 0) is 4.79 Å². The zero-order valence-corrected chi connectivity index (χ0v) is 28.8. The van der Waals surface area contributed by atoms with E-state index < -0.39 is 18.2 Å². The molecule has 0 radical (unpaired) electrons. The SMILES string of the molecule is CCCCCC/C=C\CCCCCCCC(O)CC(=O)NC(CO)C(O)/C=C/CC/C=C/CC/C=C/CCCCCCCC. The molecule has 0 fully saturated rings. The van der Waals surface area contributed by atoms with E-state index in [1.807, 2.05) is 6.08 Å². The molecule has 256 valence electrons. The minimum Gasteiger partial charge on any atom is -0.394 e. The van der Waals surface area contributed by atoms with Gasteiger partial charge in [-0.1, -0.05) is 140 Å². The Bertz CT molecular complexity index is 730. The van der Waals surface area contributed by atoms with Crippen molar-refractivity contribution in [3.8, 4) is 0 Å². The van der Waals surface area contributed by atoms with Gasteiger partial charge in [0.2, 0.25) is 5.91 Å². The minimum absolute atomic E-state index is 0.00494. The van der Waals surface area contributed by atoms with Crippen LogP contribution >= 0.6 is 0 Å². The summed E-state index contributed by atoms with van der Waals surface area (Å²) in [7, 11) is 0. The third kappa shape index (κ3) is 30.3. The van der Waals surface area contributed by atoms with Gasteiger partial charge in [0.1, 0.15) is 0 Å². The molecule has 5 nitrogen and oxygen atoms in total. The molecule has 0 saturated heterocycles. The highest BCUT2D eigenvalue weighted by Crippen LogP contribution is 2.12. The fourth-order valence-electron chi connectivity index (χ4n) is 5.19. The van der Waals surface area contributed by atoms with Crippen LogP contribution < -0.4 is 5.32 Å². The van der Waals surface area contributed by atoms with Crippen LogP contribution in [0.3, 0.4) is 0 Å². The summed E-state index contributed by atoms with van der Waals surface area (Å²) in [6, 6.07) is -0.769. The number of hydrogen-bond donors (Lipinski definition) is 4. The number of nitrogens with one attached hydrogen (secondary N) is 1. The maximum absolute atomic E-state index is 12.3. The molecule has 5 heteroatoms. The minimum atomic E-state index is -0.960. The van der Waals surface area contributed by atoms with Crippen LogP contribution in [0, 0.1) is 0 Å². The van der Waals surface area contributed by atoms with Crippen LogP contribution in [0.1, 0.15) is 168 Å². The molecule has 0 aliphatic heterocycles. The lowest BCUT2D eigenvalue weighted by Crippen LogP contribution is -2.45. The lowest BCUT2D eigenvalue weighted by Gasteiger charge is -2.20. The highest BCUT2D eigenvalue weighted by atomic mass is 16.3. The van der Waals surface area contributed by atoms with Crippen LogP contribution in [0.4, 0.5) is 0 Å². The Kier molecular flexibility index (Phi) is 32.9. The number of hydrogen-bond acceptors (Lipinski definition) is 4. The van der Waals surface area contributed by atoms with Crippen LogP contribution in [0.25, 0.3) is 0 Å². The van der Waals surface area contributed by atoms with Gasteiger partial charge >= 0.3 is 0 Å². The second-order valence-corrected chi connectivity index (χ2v) is 12.5. The Hall–Kier alpha value is -1.69. The molecule has 0 saturated carbocycles. The van der Waals surface area contributed by atoms with E-state index in [2.05, 4.69) is 55.6 Å². The molecular weight excluding hydrogens is 546 g/mol. The van der Waals surface area contributed by atoms with Gasteiger partial charge in [-0.2, -0.15) is 0 Å². The van der Waals surface area contributed by atoms with E-state index in [0.29, 0.717) is 6.42 Å². The average molecular weight is 618 g/mol. The maximum atomic E-state index is 12.3. The normalized spacial score (nSPS) is 14.4. The first kappa shape index (κ1) is 42.3. The standard InChI is InChI=1S/C39H71NO4/c1-3-5-7-9-11-13-15-17-18-19-21-23-25-27-29-31-33-38(43)37(35-41)40-39(44)34-36(42)32-30-28-26-24-22-20-16-14-12-10-8-6-4-2/h14,16-18,23,25,31,33,36-38,41-43H,3-13,15,19-22,24,26-30,32,34-35H2,1-2H3,(H,40,44)/b16-14-,18-17+,25-23+,33-31+. The van der Waals surface area contributed by atoms with E-state index >= 15 is 0 Å². The Labute approximate surface area is 272 Å². The van der Waals surface area contributed by atoms with Gasteiger partial charge in [-0.15, -0.1) is 0 Å². The van der Waals surface area contributed by atoms with E-state index in [1.54, 1.807) is 6.08 Å². The highest BCUT2D eigenvalue weighted by molar-refractivity contribution is 5.76. The zero-order valence-electron chi connectivity index (χ0n) is 28.8. The highest BCUT2D eigenvalue weighted by Gasteiger charge is 2.20. The number of carbonyl (C=O) groups is 1. The molecule has 0 aromatic carbocycles. The predicted molar refractivity (Wildman–Crippen MR) is 190 cm³/mol. The van der Waals surface area contributed by atoms with E-state index in [0.717, 1.165) is 51.4 Å². The molecule has 0 aromatic heterocycles. The molecule has 4 N–H and O–H groups in total. The Balaban J connectivity index is 3.85. The van der Waals surface area contributed by atoms with Gasteiger partial charge in [0.05, 0.1) is 31.3 Å². The predicted octanol–water partition coefficient (Wildman–Crippen LogP) is 9.81. The molecule has 0 aromatic rings. The summed E-state index contributed by atoms with van der Waals surface area (Å²) in [4.78, 5) is 12.3. The summed E-state index contributed by atoms with van der Waals surface area (Å²) in [6.45, 7) is 4.14. The summed E-state index contributed by atoms with van der Waals surface area (Å²) >= 11 is 0. The second-order valence-electron chi connectivity index (χ2n) is 12.5. The Morgan fingerprint density at radius 2 is 0.977 bits per heavy atom. The smallest absolute Gasteiger partial charge is 0.222 e. The fourth-order valence-corrected chi connectivity index (χ4v) is 5.19. The third-order valence-electron chi connectivity index (χ3n) is 8.07. The van der Waals surface area contributed by atoms with Crippen molar-refractivity contribution in [1.82, 2.24) is 5.32 Å². The zero-order chi connectivity index (χ0) is 32.4. The molecule has 0 rings (SSSR count). The van der Waals surface area contributed by atoms with E-state index in [1.165, 1.54) is 89.9 Å². The Morgan fingerprint density at radius 3 is 1.48 bits per heavy atom. The number of aliphatic hydroxyl groups is 3. The summed E-state index contributed by atoms with van der Waals surface area (Å²) in [5, 5.41) is 33.0. The van der Waals surface area contributed by atoms with Gasteiger partial charge in [-0.3, -0.25) is 4.79 Å². The molecular formula is C39H71NO4. The molecule has 0 spiro atoms. The fraction of sp³-hybridized carbons (Fsp3) is 0.769. The van der Waals surface area contributed by atoms with Gasteiger partial charge < -0.3 is 20.6 Å². The van der Waals surface area contributed by atoms with Crippen molar-refractivity contribution in [2.24, 2.45) is 0 Å². The first-order valence-electron chi connectivity index (χ1n) is 18.4. The van der Waals surface area contributed by atoms with Crippen molar-refractivity contribution in [3.05, 3.63) is 48.6 Å². The van der Waals surface area contributed by atoms with Gasteiger partial charge in [-0.25, -0.2) is 0 Å². The van der Waals surface area contributed by atoms with Crippen LogP contribution in [0.15, 0.2) is 48.6 Å². The van der Waals surface area contributed by atoms with E-state index in [4.69, 9.17) is 0 Å². The number of amides is 1. The van der Waals surface area contributed by atoms with Crippen LogP contribution in [0.2, 0.25) is 0 Å². The number of carbonyl (C=O) groups excluding carboxylic acids is 1. The second kappa shape index (κ2) is 34.2. The quantitative estimate of drug-likeness (QED) is 0.0447. The number of unbranched alkanes of at least 4 members (excludes halogenated alkanes) is 17. The first-order valence-corrected chi connectivity index (χ1v) is 18.4. The van der Waals surface area contributed by atoms with Gasteiger partial charge in [-0.05, 0) is 70.6 Å². The molecule has 3 atom stereocenters. The molecule has 3 unspecified atom stereocenters. The van der Waals surface area contributed by atoms with Gasteiger partial charge in [0.15, 0.2) is 0 Å². The number of rotatable bonds is 32. The number of aliphatic hydroxyl groups excluding tert-OH is 3. The molecule has 0 aliphatic rings. The molecule has 0 heterocycles. The Morgan fingerprint density at radius 1 is 0.568 bits per heavy atom.